The summed E-state index contributed by atoms with van der Waals surface area (Å²) in [6.07, 6.45) is 4.56. The highest BCUT2D eigenvalue weighted by atomic mass is 16.5. The Morgan fingerprint density at radius 1 is 1.04 bits per heavy atom. The van der Waals surface area contributed by atoms with Crippen LogP contribution < -0.4 is 9.64 Å². The number of amides is 1. The number of methoxy groups -OCH3 is 1. The number of hydrogen-bond acceptors (Lipinski definition) is 5. The molecule has 6 nitrogen and oxygen atoms in total. The van der Waals surface area contributed by atoms with Gasteiger partial charge in [0.25, 0.3) is 5.91 Å². The molecule has 1 saturated heterocycles. The fraction of sp³-hybridized carbons (Fsp3) is 0.389. The zero-order valence-corrected chi connectivity index (χ0v) is 14.1. The smallest absolute Gasteiger partial charge is 0.253 e. The number of hydrogen-bond donors (Lipinski definition) is 0. The Balaban J connectivity index is 1.66. The van der Waals surface area contributed by atoms with E-state index in [1.807, 2.05) is 48.5 Å². The highest BCUT2D eigenvalue weighted by molar-refractivity contribution is 5.94. The molecule has 0 saturated carbocycles. The predicted molar refractivity (Wildman–Crippen MR) is 92.5 cm³/mol. The van der Waals surface area contributed by atoms with Crippen LogP contribution in [0.3, 0.4) is 0 Å². The van der Waals surface area contributed by atoms with E-state index in [1.54, 1.807) is 7.11 Å². The fourth-order valence-electron chi connectivity index (χ4n) is 2.79. The van der Waals surface area contributed by atoms with Crippen LogP contribution in [0, 0.1) is 6.92 Å². The van der Waals surface area contributed by atoms with Gasteiger partial charge in [-0.3, -0.25) is 4.79 Å². The molecule has 0 atom stereocenters. The third-order valence-corrected chi connectivity index (χ3v) is 4.17. The van der Waals surface area contributed by atoms with Gasteiger partial charge in [-0.25, -0.2) is 9.97 Å². The maximum Gasteiger partial charge on any atom is 0.253 e. The average molecular weight is 326 g/mol. The van der Waals surface area contributed by atoms with Crippen molar-refractivity contribution in [3.05, 3.63) is 47.8 Å². The Bertz CT molecular complexity index is 685. The predicted octanol–water partition coefficient (Wildman–Crippen LogP) is 2.15. The molecule has 1 amide bonds. The lowest BCUT2D eigenvalue weighted by atomic mass is 10.2. The van der Waals surface area contributed by atoms with Gasteiger partial charge >= 0.3 is 0 Å². The summed E-state index contributed by atoms with van der Waals surface area (Å²) in [6, 6.07) is 7.26. The summed E-state index contributed by atoms with van der Waals surface area (Å²) in [4.78, 5) is 25.5. The zero-order chi connectivity index (χ0) is 16.9. The van der Waals surface area contributed by atoms with Gasteiger partial charge in [0.15, 0.2) is 0 Å². The van der Waals surface area contributed by atoms with Crippen molar-refractivity contribution in [3.63, 3.8) is 0 Å². The van der Waals surface area contributed by atoms with E-state index in [-0.39, 0.29) is 5.91 Å². The summed E-state index contributed by atoms with van der Waals surface area (Å²) in [5.41, 5.74) is 1.74. The molecule has 2 aromatic rings. The van der Waals surface area contributed by atoms with Crippen molar-refractivity contribution in [2.24, 2.45) is 0 Å². The van der Waals surface area contributed by atoms with Crippen molar-refractivity contribution in [2.75, 3.05) is 38.2 Å². The first-order valence-corrected chi connectivity index (χ1v) is 8.14. The second-order valence-electron chi connectivity index (χ2n) is 5.92. The van der Waals surface area contributed by atoms with Gasteiger partial charge in [-0.05, 0) is 43.2 Å². The molecule has 3 rings (SSSR count). The van der Waals surface area contributed by atoms with E-state index in [0.717, 1.165) is 43.3 Å². The molecule has 6 heteroatoms. The zero-order valence-electron chi connectivity index (χ0n) is 14.1. The summed E-state index contributed by atoms with van der Waals surface area (Å²) in [5.74, 6) is 1.55. The van der Waals surface area contributed by atoms with Gasteiger partial charge in [0.05, 0.1) is 7.11 Å². The normalized spacial score (nSPS) is 15.1. The number of carbonyl (C=O) groups is 1. The molecule has 1 aromatic carbocycles. The molecule has 24 heavy (non-hydrogen) atoms. The summed E-state index contributed by atoms with van der Waals surface area (Å²) in [6.45, 7) is 4.98. The van der Waals surface area contributed by atoms with Crippen molar-refractivity contribution in [3.8, 4) is 5.75 Å². The van der Waals surface area contributed by atoms with E-state index < -0.39 is 0 Å². The first kappa shape index (κ1) is 16.2. The lowest BCUT2D eigenvalue weighted by molar-refractivity contribution is 0.0767. The maximum absolute atomic E-state index is 12.7. The van der Waals surface area contributed by atoms with Gasteiger partial charge in [0, 0.05) is 44.1 Å². The molecule has 1 aliphatic heterocycles. The Kier molecular flexibility index (Phi) is 4.93. The summed E-state index contributed by atoms with van der Waals surface area (Å²) < 4.78 is 5.14. The topological polar surface area (TPSA) is 58.6 Å². The van der Waals surface area contributed by atoms with Gasteiger partial charge in [0.1, 0.15) is 5.75 Å². The molecular weight excluding hydrogens is 304 g/mol. The second kappa shape index (κ2) is 7.29. The van der Waals surface area contributed by atoms with E-state index in [4.69, 9.17) is 4.74 Å². The van der Waals surface area contributed by atoms with Gasteiger partial charge in [0.2, 0.25) is 5.95 Å². The Morgan fingerprint density at radius 2 is 1.75 bits per heavy atom. The Morgan fingerprint density at radius 3 is 2.42 bits per heavy atom. The molecule has 0 N–H and O–H groups in total. The molecule has 126 valence electrons. The Hall–Kier alpha value is -2.63. The standard InChI is InChI=1S/C18H22N4O2/c1-14-12-19-18(20-13-14)22-9-3-8-21(10-11-22)17(23)15-4-6-16(24-2)7-5-15/h4-7,12-13H,3,8-11H2,1-2H3. The van der Waals surface area contributed by atoms with Gasteiger partial charge in [-0.1, -0.05) is 0 Å². The molecule has 2 heterocycles. The first-order valence-electron chi connectivity index (χ1n) is 8.14. The SMILES string of the molecule is COc1ccc(C(=O)N2CCCN(c3ncc(C)cn3)CC2)cc1. The van der Waals surface area contributed by atoms with E-state index in [9.17, 15) is 4.79 Å². The minimum atomic E-state index is 0.0596. The van der Waals surface area contributed by atoms with E-state index in [0.29, 0.717) is 12.1 Å². The van der Waals surface area contributed by atoms with Crippen LogP contribution in [-0.2, 0) is 0 Å². The quantitative estimate of drug-likeness (QED) is 0.865. The van der Waals surface area contributed by atoms with Crippen molar-refractivity contribution in [1.29, 1.82) is 0 Å². The van der Waals surface area contributed by atoms with Crippen molar-refractivity contribution < 1.29 is 9.53 Å². The van der Waals surface area contributed by atoms with E-state index in [2.05, 4.69) is 14.9 Å². The van der Waals surface area contributed by atoms with Crippen LogP contribution >= 0.6 is 0 Å². The van der Waals surface area contributed by atoms with Crippen LogP contribution in [0.5, 0.6) is 5.75 Å². The average Bonchev–Trinajstić information content (AvgIpc) is 2.88. The largest absolute Gasteiger partial charge is 0.497 e. The fourth-order valence-corrected chi connectivity index (χ4v) is 2.79. The summed E-state index contributed by atoms with van der Waals surface area (Å²) >= 11 is 0. The number of aryl methyl sites for hydroxylation is 1. The van der Waals surface area contributed by atoms with E-state index >= 15 is 0 Å². The minimum absolute atomic E-state index is 0.0596. The summed E-state index contributed by atoms with van der Waals surface area (Å²) in [7, 11) is 1.62. The van der Waals surface area contributed by atoms with Crippen molar-refractivity contribution in [1.82, 2.24) is 14.9 Å². The molecule has 1 aromatic heterocycles. The molecule has 0 spiro atoms. The first-order chi connectivity index (χ1) is 11.7. The van der Waals surface area contributed by atoms with Gasteiger partial charge < -0.3 is 14.5 Å². The van der Waals surface area contributed by atoms with Crippen LogP contribution in [0.2, 0.25) is 0 Å². The van der Waals surface area contributed by atoms with Crippen LogP contribution in [0.4, 0.5) is 5.95 Å². The molecule has 0 radical (unpaired) electrons. The molecular formula is C18H22N4O2. The van der Waals surface area contributed by atoms with E-state index in [1.165, 1.54) is 0 Å². The van der Waals surface area contributed by atoms with Crippen LogP contribution in [0.25, 0.3) is 0 Å². The monoisotopic (exact) mass is 326 g/mol. The van der Waals surface area contributed by atoms with Crippen LogP contribution in [0.15, 0.2) is 36.7 Å². The minimum Gasteiger partial charge on any atom is -0.497 e. The third-order valence-electron chi connectivity index (χ3n) is 4.17. The highest BCUT2D eigenvalue weighted by Gasteiger charge is 2.21. The molecule has 1 aliphatic rings. The number of rotatable bonds is 3. The lowest BCUT2D eigenvalue weighted by Crippen LogP contribution is -2.35. The molecule has 0 unspecified atom stereocenters. The third kappa shape index (κ3) is 3.64. The van der Waals surface area contributed by atoms with Crippen LogP contribution in [-0.4, -0.2) is 54.1 Å². The second-order valence-corrected chi connectivity index (χ2v) is 5.92. The van der Waals surface area contributed by atoms with Gasteiger partial charge in [-0.2, -0.15) is 0 Å². The number of carbonyl (C=O) groups excluding carboxylic acids is 1. The Labute approximate surface area is 142 Å². The lowest BCUT2D eigenvalue weighted by Gasteiger charge is -2.22. The maximum atomic E-state index is 12.7. The van der Waals surface area contributed by atoms with Crippen molar-refractivity contribution in [2.45, 2.75) is 13.3 Å². The number of nitrogens with zero attached hydrogens (tertiary/aromatic N) is 4. The van der Waals surface area contributed by atoms with Gasteiger partial charge in [-0.15, -0.1) is 0 Å². The number of anilines is 1. The summed E-state index contributed by atoms with van der Waals surface area (Å²) in [5, 5.41) is 0. The highest BCUT2D eigenvalue weighted by Crippen LogP contribution is 2.16. The number of benzene rings is 1. The molecule has 0 bridgehead atoms. The molecule has 0 aliphatic carbocycles. The number of aromatic nitrogens is 2. The van der Waals surface area contributed by atoms with Crippen LogP contribution in [0.1, 0.15) is 22.3 Å². The molecule has 1 fully saturated rings. The van der Waals surface area contributed by atoms with Crippen molar-refractivity contribution >= 4 is 11.9 Å². The number of ether oxygens (including phenoxy) is 1.